The van der Waals surface area contributed by atoms with E-state index in [4.69, 9.17) is 21.4 Å². The zero-order valence-corrected chi connectivity index (χ0v) is 18.8. The number of amides is 1. The van der Waals surface area contributed by atoms with Crippen molar-refractivity contribution in [1.29, 1.82) is 0 Å². The van der Waals surface area contributed by atoms with Gasteiger partial charge in [-0.2, -0.15) is 4.31 Å². The molecule has 1 N–H and O–H groups in total. The first-order chi connectivity index (χ1) is 14.3. The van der Waals surface area contributed by atoms with Crippen LogP contribution in [0.4, 0.5) is 4.79 Å². The molecule has 30 heavy (non-hydrogen) atoms. The molecule has 10 heteroatoms. The molecule has 2 fully saturated rings. The van der Waals surface area contributed by atoms with Crippen molar-refractivity contribution in [2.24, 2.45) is 0 Å². The number of halogens is 1. The first kappa shape index (κ1) is 23.3. The Labute approximate surface area is 183 Å². The first-order valence-corrected chi connectivity index (χ1v) is 12.2. The standard InChI is InChI=1S/C20H30ClN3O5S/c1-16-3-2-4-18(24(16)30(27,28)19-7-5-17(21)6-8-19)15-29-20(26)23-11-9-22(10-12-23)13-14-25/h5-8,16,18,25H,2-4,9-15H2,1H3/t16-,18-/m1/s1. The number of rotatable bonds is 6. The molecule has 0 aromatic heterocycles. The summed E-state index contributed by atoms with van der Waals surface area (Å²) in [7, 11) is -3.72. The molecule has 2 aliphatic rings. The number of piperazine rings is 1. The number of aliphatic hydroxyl groups excluding tert-OH is 1. The molecule has 1 amide bonds. The second-order valence-electron chi connectivity index (χ2n) is 7.85. The lowest BCUT2D eigenvalue weighted by Gasteiger charge is -2.39. The SMILES string of the molecule is C[C@@H]1CCC[C@H](COC(=O)N2CCN(CCO)CC2)N1S(=O)(=O)c1ccc(Cl)cc1. The number of carbonyl (C=O) groups is 1. The monoisotopic (exact) mass is 459 g/mol. The Hall–Kier alpha value is -1.39. The Morgan fingerprint density at radius 2 is 1.83 bits per heavy atom. The van der Waals surface area contributed by atoms with Crippen molar-refractivity contribution in [2.45, 2.75) is 43.2 Å². The van der Waals surface area contributed by atoms with Gasteiger partial charge in [-0.1, -0.05) is 18.0 Å². The maximum atomic E-state index is 13.3. The molecule has 1 aromatic rings. The second-order valence-corrected chi connectivity index (χ2v) is 10.1. The van der Waals surface area contributed by atoms with Gasteiger partial charge in [-0.05, 0) is 44.0 Å². The fourth-order valence-corrected chi connectivity index (χ4v) is 6.12. The van der Waals surface area contributed by atoms with Crippen LogP contribution in [0.15, 0.2) is 29.2 Å². The third kappa shape index (κ3) is 5.45. The highest BCUT2D eigenvalue weighted by atomic mass is 35.5. The van der Waals surface area contributed by atoms with Crippen molar-refractivity contribution < 1.29 is 23.1 Å². The fourth-order valence-electron chi connectivity index (χ4n) is 4.14. The van der Waals surface area contributed by atoms with Crippen LogP contribution in [0.3, 0.4) is 0 Å². The Morgan fingerprint density at radius 3 is 2.47 bits per heavy atom. The predicted octanol–water partition coefficient (Wildman–Crippen LogP) is 2.02. The predicted molar refractivity (Wildman–Crippen MR) is 114 cm³/mol. The molecule has 2 heterocycles. The summed E-state index contributed by atoms with van der Waals surface area (Å²) < 4.78 is 33.6. The minimum absolute atomic E-state index is 0.0346. The number of hydrogen-bond acceptors (Lipinski definition) is 6. The Bertz CT molecular complexity index is 812. The maximum absolute atomic E-state index is 13.3. The van der Waals surface area contributed by atoms with Crippen molar-refractivity contribution in [1.82, 2.24) is 14.1 Å². The van der Waals surface area contributed by atoms with E-state index in [2.05, 4.69) is 4.90 Å². The lowest BCUT2D eigenvalue weighted by Crippen LogP contribution is -2.52. The summed E-state index contributed by atoms with van der Waals surface area (Å²) in [4.78, 5) is 16.4. The summed E-state index contributed by atoms with van der Waals surface area (Å²) in [5.41, 5.74) is 0. The molecule has 2 saturated heterocycles. The van der Waals surface area contributed by atoms with Gasteiger partial charge in [0.2, 0.25) is 10.0 Å². The Kier molecular flexibility index (Phi) is 7.98. The Morgan fingerprint density at radius 1 is 1.17 bits per heavy atom. The lowest BCUT2D eigenvalue weighted by atomic mass is 10.0. The number of piperidine rings is 1. The van der Waals surface area contributed by atoms with Gasteiger partial charge in [-0.15, -0.1) is 0 Å². The number of sulfonamides is 1. The highest BCUT2D eigenvalue weighted by molar-refractivity contribution is 7.89. The van der Waals surface area contributed by atoms with Gasteiger partial charge in [0.05, 0.1) is 17.5 Å². The van der Waals surface area contributed by atoms with Crippen molar-refractivity contribution in [2.75, 3.05) is 45.9 Å². The highest BCUT2D eigenvalue weighted by Gasteiger charge is 2.38. The molecule has 0 aliphatic carbocycles. The van der Waals surface area contributed by atoms with Gasteiger partial charge in [0.25, 0.3) is 0 Å². The van der Waals surface area contributed by atoms with E-state index in [-0.39, 0.29) is 24.2 Å². The van der Waals surface area contributed by atoms with Gasteiger partial charge in [0.15, 0.2) is 0 Å². The van der Waals surface area contributed by atoms with Crippen LogP contribution in [-0.2, 0) is 14.8 Å². The lowest BCUT2D eigenvalue weighted by molar-refractivity contribution is 0.0484. The van der Waals surface area contributed by atoms with E-state index in [1.807, 2.05) is 6.92 Å². The van der Waals surface area contributed by atoms with Crippen LogP contribution in [0.2, 0.25) is 5.02 Å². The summed E-state index contributed by atoms with van der Waals surface area (Å²) in [5, 5.41) is 9.50. The van der Waals surface area contributed by atoms with Gasteiger partial charge in [0.1, 0.15) is 6.61 Å². The number of hydrogen-bond donors (Lipinski definition) is 1. The minimum Gasteiger partial charge on any atom is -0.448 e. The molecule has 2 aliphatic heterocycles. The number of aliphatic hydroxyl groups is 1. The molecule has 2 atom stereocenters. The van der Waals surface area contributed by atoms with Gasteiger partial charge in [-0.25, -0.2) is 13.2 Å². The number of benzene rings is 1. The number of nitrogens with zero attached hydrogens (tertiary/aromatic N) is 3. The number of ether oxygens (including phenoxy) is 1. The topological polar surface area (TPSA) is 90.4 Å². The van der Waals surface area contributed by atoms with Crippen molar-refractivity contribution in [3.8, 4) is 0 Å². The highest BCUT2D eigenvalue weighted by Crippen LogP contribution is 2.30. The largest absolute Gasteiger partial charge is 0.448 e. The second kappa shape index (κ2) is 10.3. The van der Waals surface area contributed by atoms with E-state index >= 15 is 0 Å². The summed E-state index contributed by atoms with van der Waals surface area (Å²) in [5.74, 6) is 0. The van der Waals surface area contributed by atoms with Crippen LogP contribution in [-0.4, -0.2) is 91.7 Å². The van der Waals surface area contributed by atoms with Gasteiger partial charge < -0.3 is 14.7 Å². The number of carbonyl (C=O) groups excluding carboxylic acids is 1. The quantitative estimate of drug-likeness (QED) is 0.699. The summed E-state index contributed by atoms with van der Waals surface area (Å²) in [6.07, 6.45) is 1.88. The van der Waals surface area contributed by atoms with Crippen molar-refractivity contribution in [3.05, 3.63) is 29.3 Å². The molecule has 168 valence electrons. The van der Waals surface area contributed by atoms with Crippen LogP contribution >= 0.6 is 11.6 Å². The van der Waals surface area contributed by atoms with Crippen LogP contribution in [0.1, 0.15) is 26.2 Å². The molecule has 3 rings (SSSR count). The van der Waals surface area contributed by atoms with Crippen LogP contribution in [0, 0.1) is 0 Å². The zero-order valence-electron chi connectivity index (χ0n) is 17.2. The fraction of sp³-hybridized carbons (Fsp3) is 0.650. The van der Waals surface area contributed by atoms with Crippen LogP contribution < -0.4 is 0 Å². The number of β-amino-alcohol motifs (C(OH)–C–C–N with tert-alkyl or cyclic N) is 1. The molecule has 1 aromatic carbocycles. The molecule has 8 nitrogen and oxygen atoms in total. The molecule has 0 saturated carbocycles. The van der Waals surface area contributed by atoms with Gasteiger partial charge >= 0.3 is 6.09 Å². The minimum atomic E-state index is -3.72. The normalized spacial score (nSPS) is 24.0. The summed E-state index contributed by atoms with van der Waals surface area (Å²) in [6, 6.07) is 5.57. The molecular formula is C20H30ClN3O5S. The zero-order chi connectivity index (χ0) is 21.7. The molecule has 0 unspecified atom stereocenters. The van der Waals surface area contributed by atoms with Crippen molar-refractivity contribution in [3.63, 3.8) is 0 Å². The van der Waals surface area contributed by atoms with Crippen LogP contribution in [0.5, 0.6) is 0 Å². The van der Waals surface area contributed by atoms with E-state index in [9.17, 15) is 13.2 Å². The molecule has 0 spiro atoms. The molecular weight excluding hydrogens is 430 g/mol. The third-order valence-electron chi connectivity index (χ3n) is 5.79. The summed E-state index contributed by atoms with van der Waals surface area (Å²) >= 11 is 5.90. The van der Waals surface area contributed by atoms with Gasteiger partial charge in [0, 0.05) is 43.8 Å². The summed E-state index contributed by atoms with van der Waals surface area (Å²) in [6.45, 7) is 5.07. The average Bonchev–Trinajstić information content (AvgIpc) is 2.73. The van der Waals surface area contributed by atoms with Crippen molar-refractivity contribution >= 4 is 27.7 Å². The first-order valence-electron chi connectivity index (χ1n) is 10.4. The van der Waals surface area contributed by atoms with E-state index in [1.165, 1.54) is 16.4 Å². The Balaban J connectivity index is 1.64. The average molecular weight is 460 g/mol. The van der Waals surface area contributed by atoms with E-state index in [1.54, 1.807) is 17.0 Å². The molecule has 0 bridgehead atoms. The molecule has 0 radical (unpaired) electrons. The van der Waals surface area contributed by atoms with E-state index < -0.39 is 22.2 Å². The maximum Gasteiger partial charge on any atom is 0.409 e. The van der Waals surface area contributed by atoms with Gasteiger partial charge in [-0.3, -0.25) is 4.90 Å². The smallest absolute Gasteiger partial charge is 0.409 e. The van der Waals surface area contributed by atoms with E-state index in [0.29, 0.717) is 44.2 Å². The van der Waals surface area contributed by atoms with E-state index in [0.717, 1.165) is 12.8 Å². The van der Waals surface area contributed by atoms with Crippen LogP contribution in [0.25, 0.3) is 0 Å². The third-order valence-corrected chi connectivity index (χ3v) is 8.12.